The van der Waals surface area contributed by atoms with Crippen molar-refractivity contribution in [3.8, 4) is 5.75 Å². The third-order valence-electron chi connectivity index (χ3n) is 0.796. The number of halogens is 1. The van der Waals surface area contributed by atoms with Crippen molar-refractivity contribution >= 4 is 22.6 Å². The summed E-state index contributed by atoms with van der Waals surface area (Å²) in [4.78, 5) is 13.0. The van der Waals surface area contributed by atoms with Gasteiger partial charge in [0.05, 0.1) is 3.70 Å². The molecule has 0 aliphatic heterocycles. The largest absolute Gasteiger partial charge is 0.508 e. The van der Waals surface area contributed by atoms with Gasteiger partial charge in [-0.2, -0.15) is 0 Å². The van der Waals surface area contributed by atoms with E-state index in [9.17, 15) is 4.79 Å². The third kappa shape index (κ3) is 1.70. The van der Waals surface area contributed by atoms with Crippen molar-refractivity contribution in [2.24, 2.45) is 0 Å². The van der Waals surface area contributed by atoms with Gasteiger partial charge in [-0.1, -0.05) is 0 Å². The minimum atomic E-state index is -0.278. The first-order valence-corrected chi connectivity index (χ1v) is 3.35. The van der Waals surface area contributed by atoms with Crippen LogP contribution >= 0.6 is 22.6 Å². The first-order valence-electron chi connectivity index (χ1n) is 2.27. The molecule has 4 heteroatoms. The number of aromatic hydroxyl groups is 1. The third-order valence-corrected chi connectivity index (χ3v) is 1.38. The van der Waals surface area contributed by atoms with E-state index >= 15 is 0 Å². The van der Waals surface area contributed by atoms with Crippen molar-refractivity contribution in [1.29, 1.82) is 0 Å². The molecule has 0 fully saturated rings. The summed E-state index contributed by atoms with van der Waals surface area (Å²) in [5, 5.41) is 8.77. The van der Waals surface area contributed by atoms with Crippen LogP contribution in [0.25, 0.3) is 0 Å². The molecule has 0 aliphatic carbocycles. The molecule has 0 unspecified atom stereocenters. The van der Waals surface area contributed by atoms with E-state index in [0.717, 1.165) is 6.07 Å². The van der Waals surface area contributed by atoms with Crippen LogP contribution in [0, 0.1) is 3.70 Å². The van der Waals surface area contributed by atoms with Gasteiger partial charge in [0.2, 0.25) is 0 Å². The Morgan fingerprint density at radius 2 is 2.22 bits per heavy atom. The Balaban J connectivity index is 3.33. The first kappa shape index (κ1) is 6.60. The van der Waals surface area contributed by atoms with Crippen LogP contribution in [0.15, 0.2) is 16.9 Å². The van der Waals surface area contributed by atoms with Gasteiger partial charge in [0.1, 0.15) is 5.75 Å². The zero-order chi connectivity index (χ0) is 6.85. The van der Waals surface area contributed by atoms with Crippen LogP contribution in [0.1, 0.15) is 0 Å². The summed E-state index contributed by atoms with van der Waals surface area (Å²) >= 11 is 1.92. The van der Waals surface area contributed by atoms with Crippen LogP contribution in [-0.2, 0) is 0 Å². The van der Waals surface area contributed by atoms with Crippen LogP contribution in [0.5, 0.6) is 5.75 Å². The van der Waals surface area contributed by atoms with Gasteiger partial charge in [-0.3, -0.25) is 4.79 Å². The molecule has 1 aromatic heterocycles. The predicted molar refractivity (Wildman–Crippen MR) is 41.4 cm³/mol. The smallest absolute Gasteiger partial charge is 0.252 e. The maximum Gasteiger partial charge on any atom is 0.252 e. The Morgan fingerprint density at radius 3 is 2.67 bits per heavy atom. The van der Waals surface area contributed by atoms with E-state index < -0.39 is 0 Å². The Bertz CT molecular complexity index is 245. The SMILES string of the molecule is O=c1cc(O)cc(I)[nH]1. The van der Waals surface area contributed by atoms with Crippen LogP contribution in [0.2, 0.25) is 0 Å². The molecule has 3 nitrogen and oxygen atoms in total. The minimum Gasteiger partial charge on any atom is -0.508 e. The average Bonchev–Trinajstić information content (AvgIpc) is 1.59. The topological polar surface area (TPSA) is 53.1 Å². The molecule has 0 saturated heterocycles. The number of nitrogens with one attached hydrogen (secondary N) is 1. The second-order valence-electron chi connectivity index (χ2n) is 1.55. The fourth-order valence-corrected chi connectivity index (χ4v) is 1.08. The van der Waals surface area contributed by atoms with Gasteiger partial charge in [-0.05, 0) is 22.6 Å². The van der Waals surface area contributed by atoms with Crippen molar-refractivity contribution in [1.82, 2.24) is 4.98 Å². The number of aromatic amines is 1. The summed E-state index contributed by atoms with van der Waals surface area (Å²) in [5.74, 6) is 0.00292. The molecular weight excluding hydrogens is 233 g/mol. The van der Waals surface area contributed by atoms with Crippen molar-refractivity contribution in [3.05, 3.63) is 26.2 Å². The lowest BCUT2D eigenvalue weighted by Gasteiger charge is -1.89. The number of aromatic nitrogens is 1. The summed E-state index contributed by atoms with van der Waals surface area (Å²) in [7, 11) is 0. The normalized spacial score (nSPS) is 9.44. The van der Waals surface area contributed by atoms with E-state index in [1.54, 1.807) is 0 Å². The maximum atomic E-state index is 10.5. The van der Waals surface area contributed by atoms with Gasteiger partial charge in [-0.25, -0.2) is 0 Å². The number of rotatable bonds is 0. The van der Waals surface area contributed by atoms with Crippen LogP contribution in [0.3, 0.4) is 0 Å². The zero-order valence-electron chi connectivity index (χ0n) is 4.39. The number of hydrogen-bond acceptors (Lipinski definition) is 2. The van der Waals surface area contributed by atoms with Crippen molar-refractivity contribution in [3.63, 3.8) is 0 Å². The molecule has 2 N–H and O–H groups in total. The summed E-state index contributed by atoms with van der Waals surface area (Å²) < 4.78 is 0.637. The van der Waals surface area contributed by atoms with E-state index in [4.69, 9.17) is 5.11 Å². The van der Waals surface area contributed by atoms with E-state index in [1.165, 1.54) is 6.07 Å². The molecule has 0 spiro atoms. The van der Waals surface area contributed by atoms with Crippen LogP contribution < -0.4 is 5.56 Å². The molecule has 0 aliphatic rings. The molecule has 9 heavy (non-hydrogen) atoms. The summed E-state index contributed by atoms with van der Waals surface area (Å²) in [6.45, 7) is 0. The van der Waals surface area contributed by atoms with Gasteiger partial charge >= 0.3 is 0 Å². The fourth-order valence-electron chi connectivity index (χ4n) is 0.496. The fraction of sp³-hybridized carbons (Fsp3) is 0. The highest BCUT2D eigenvalue weighted by atomic mass is 127. The zero-order valence-corrected chi connectivity index (χ0v) is 6.55. The first-order chi connectivity index (χ1) is 4.18. The lowest BCUT2D eigenvalue weighted by atomic mass is 10.5. The van der Waals surface area contributed by atoms with Crippen molar-refractivity contribution < 1.29 is 5.11 Å². The molecule has 0 saturated carbocycles. The lowest BCUT2D eigenvalue weighted by molar-refractivity contribution is 0.473. The van der Waals surface area contributed by atoms with Gasteiger partial charge in [0.15, 0.2) is 0 Å². The van der Waals surface area contributed by atoms with Gasteiger partial charge in [0, 0.05) is 12.1 Å². The van der Waals surface area contributed by atoms with Crippen LogP contribution in [0.4, 0.5) is 0 Å². The van der Waals surface area contributed by atoms with Crippen LogP contribution in [-0.4, -0.2) is 10.1 Å². The van der Waals surface area contributed by atoms with E-state index in [0.29, 0.717) is 3.70 Å². The highest BCUT2D eigenvalue weighted by Gasteiger charge is 1.90. The van der Waals surface area contributed by atoms with Crippen molar-refractivity contribution in [2.45, 2.75) is 0 Å². The highest BCUT2D eigenvalue weighted by molar-refractivity contribution is 14.1. The molecule has 48 valence electrons. The molecule has 1 heterocycles. The highest BCUT2D eigenvalue weighted by Crippen LogP contribution is 2.05. The number of pyridine rings is 1. The second kappa shape index (κ2) is 2.38. The van der Waals surface area contributed by atoms with Gasteiger partial charge in [0.25, 0.3) is 5.56 Å². The van der Waals surface area contributed by atoms with Gasteiger partial charge < -0.3 is 10.1 Å². The number of H-pyrrole nitrogens is 1. The molecule has 1 aromatic rings. The Hall–Kier alpha value is -0.520. The summed E-state index contributed by atoms with van der Waals surface area (Å²) in [5.41, 5.74) is -0.278. The van der Waals surface area contributed by atoms with E-state index in [-0.39, 0.29) is 11.3 Å². The van der Waals surface area contributed by atoms with Crippen molar-refractivity contribution in [2.75, 3.05) is 0 Å². The maximum absolute atomic E-state index is 10.5. The Kier molecular flexibility index (Phi) is 1.75. The number of hydrogen-bond donors (Lipinski definition) is 2. The molecule has 0 amide bonds. The monoisotopic (exact) mass is 237 g/mol. The van der Waals surface area contributed by atoms with Gasteiger partial charge in [-0.15, -0.1) is 0 Å². The summed E-state index contributed by atoms with van der Waals surface area (Å²) in [6.07, 6.45) is 0. The molecule has 0 radical (unpaired) electrons. The summed E-state index contributed by atoms with van der Waals surface area (Å²) in [6, 6.07) is 2.60. The lowest BCUT2D eigenvalue weighted by Crippen LogP contribution is -2.03. The molecule has 1 rings (SSSR count). The minimum absolute atomic E-state index is 0.00292. The van der Waals surface area contributed by atoms with E-state index in [1.807, 2.05) is 22.6 Å². The quantitative estimate of drug-likeness (QED) is 0.515. The Labute approximate surface area is 64.9 Å². The van der Waals surface area contributed by atoms with E-state index in [2.05, 4.69) is 4.98 Å². The Morgan fingerprint density at radius 1 is 1.56 bits per heavy atom. The standard InChI is InChI=1S/C5H4INO2/c6-4-1-3(8)2-5(9)7-4/h1-2H,(H2,7,8,9). The molecule has 0 atom stereocenters. The molecular formula is C5H4INO2. The second-order valence-corrected chi connectivity index (χ2v) is 2.71. The molecule has 0 bridgehead atoms. The predicted octanol–water partition coefficient (Wildman–Crippen LogP) is 0.685. The molecule has 0 aromatic carbocycles. The average molecular weight is 237 g/mol.